The number of hydrogen-bond donors (Lipinski definition) is 3. The number of nitrogens with one attached hydrogen (secondary N) is 1. The Hall–Kier alpha value is -1.56. The number of carboxylic acid groups (broad SMARTS) is 1. The summed E-state index contributed by atoms with van der Waals surface area (Å²) in [5.41, 5.74) is 0.412. The minimum Gasteiger partial charge on any atom is -0.478 e. The van der Waals surface area contributed by atoms with Crippen LogP contribution >= 0.6 is 12.6 Å². The molecule has 0 bridgehead atoms. The molecule has 1 aromatic rings. The minimum absolute atomic E-state index is 0.0383. The van der Waals surface area contributed by atoms with Gasteiger partial charge in [-0.2, -0.15) is 12.6 Å². The van der Waals surface area contributed by atoms with Crippen LogP contribution in [-0.4, -0.2) is 27.7 Å². The van der Waals surface area contributed by atoms with Crippen LogP contribution in [0.3, 0.4) is 0 Å². The van der Waals surface area contributed by atoms with E-state index in [4.69, 9.17) is 5.11 Å². The zero-order chi connectivity index (χ0) is 12.1. The number of pyridine rings is 1. The second-order valence-electron chi connectivity index (χ2n) is 3.34. The smallest absolute Gasteiger partial charge is 0.337 e. The van der Waals surface area contributed by atoms with Gasteiger partial charge in [0, 0.05) is 17.9 Å². The van der Waals surface area contributed by atoms with Gasteiger partial charge in [0.15, 0.2) is 0 Å². The average Bonchev–Trinajstić information content (AvgIpc) is 2.28. The topological polar surface area (TPSA) is 79.3 Å². The van der Waals surface area contributed by atoms with E-state index in [1.807, 2.05) is 0 Å². The number of anilines is 1. The summed E-state index contributed by atoms with van der Waals surface area (Å²) in [6.45, 7) is 1.73. The lowest BCUT2D eigenvalue weighted by Gasteiger charge is -2.09. The molecule has 86 valence electrons. The van der Waals surface area contributed by atoms with Crippen molar-refractivity contribution in [2.24, 2.45) is 5.92 Å². The van der Waals surface area contributed by atoms with E-state index in [0.29, 0.717) is 11.4 Å². The summed E-state index contributed by atoms with van der Waals surface area (Å²) in [5.74, 6) is -1.10. The largest absolute Gasteiger partial charge is 0.478 e. The number of carboxylic acids is 1. The van der Waals surface area contributed by atoms with E-state index in [-0.39, 0.29) is 17.4 Å². The van der Waals surface area contributed by atoms with E-state index in [9.17, 15) is 9.59 Å². The summed E-state index contributed by atoms with van der Waals surface area (Å²) < 4.78 is 0. The second kappa shape index (κ2) is 5.50. The average molecular weight is 240 g/mol. The predicted molar refractivity (Wildman–Crippen MR) is 62.8 cm³/mol. The molecule has 1 aromatic heterocycles. The van der Waals surface area contributed by atoms with Crippen molar-refractivity contribution in [2.45, 2.75) is 6.92 Å². The zero-order valence-corrected chi connectivity index (χ0v) is 9.57. The highest BCUT2D eigenvalue weighted by Crippen LogP contribution is 2.10. The van der Waals surface area contributed by atoms with Crippen molar-refractivity contribution >= 4 is 30.2 Å². The molecule has 0 aliphatic heterocycles. The van der Waals surface area contributed by atoms with Crippen LogP contribution < -0.4 is 5.32 Å². The van der Waals surface area contributed by atoms with Gasteiger partial charge < -0.3 is 10.4 Å². The number of nitrogens with zero attached hydrogens (tertiary/aromatic N) is 1. The monoisotopic (exact) mass is 240 g/mol. The fourth-order valence-corrected chi connectivity index (χ4v) is 1.14. The highest BCUT2D eigenvalue weighted by atomic mass is 32.1. The molecular formula is C10H12N2O3S. The fourth-order valence-electron chi connectivity index (χ4n) is 0.974. The molecule has 0 saturated carbocycles. The summed E-state index contributed by atoms with van der Waals surface area (Å²) in [5, 5.41) is 11.3. The molecule has 1 atom stereocenters. The van der Waals surface area contributed by atoms with Crippen LogP contribution in [0.5, 0.6) is 0 Å². The molecule has 1 rings (SSSR count). The molecule has 6 heteroatoms. The number of aromatic carboxylic acids is 1. The van der Waals surface area contributed by atoms with Crippen molar-refractivity contribution in [1.29, 1.82) is 0 Å². The van der Waals surface area contributed by atoms with Gasteiger partial charge >= 0.3 is 5.97 Å². The lowest BCUT2D eigenvalue weighted by atomic mass is 10.2. The van der Waals surface area contributed by atoms with Gasteiger partial charge in [-0.1, -0.05) is 6.92 Å². The maximum absolute atomic E-state index is 11.5. The van der Waals surface area contributed by atoms with Crippen LogP contribution in [0.15, 0.2) is 18.5 Å². The molecule has 0 fully saturated rings. The Morgan fingerprint density at radius 2 is 2.25 bits per heavy atom. The number of thiol groups is 1. The molecule has 0 radical (unpaired) electrons. The third-order valence-electron chi connectivity index (χ3n) is 1.97. The highest BCUT2D eigenvalue weighted by molar-refractivity contribution is 7.80. The van der Waals surface area contributed by atoms with Gasteiger partial charge in [0.1, 0.15) is 0 Å². The number of aromatic nitrogens is 1. The highest BCUT2D eigenvalue weighted by Gasteiger charge is 2.12. The van der Waals surface area contributed by atoms with Crippen molar-refractivity contribution in [1.82, 2.24) is 4.98 Å². The van der Waals surface area contributed by atoms with Crippen LogP contribution in [0, 0.1) is 5.92 Å². The van der Waals surface area contributed by atoms with Crippen LogP contribution in [0.1, 0.15) is 17.3 Å². The Kier molecular flexibility index (Phi) is 4.30. The summed E-state index contributed by atoms with van der Waals surface area (Å²) in [7, 11) is 0. The molecule has 5 nitrogen and oxygen atoms in total. The summed E-state index contributed by atoms with van der Waals surface area (Å²) >= 11 is 4.00. The van der Waals surface area contributed by atoms with E-state index in [1.165, 1.54) is 18.5 Å². The van der Waals surface area contributed by atoms with Gasteiger partial charge in [-0.3, -0.25) is 9.78 Å². The van der Waals surface area contributed by atoms with E-state index in [2.05, 4.69) is 22.9 Å². The van der Waals surface area contributed by atoms with Gasteiger partial charge in [0.25, 0.3) is 0 Å². The second-order valence-corrected chi connectivity index (χ2v) is 3.71. The van der Waals surface area contributed by atoms with Gasteiger partial charge in [-0.25, -0.2) is 4.79 Å². The first-order valence-electron chi connectivity index (χ1n) is 4.64. The minimum atomic E-state index is -1.08. The maximum Gasteiger partial charge on any atom is 0.337 e. The van der Waals surface area contributed by atoms with Crippen LogP contribution in [0.2, 0.25) is 0 Å². The van der Waals surface area contributed by atoms with Crippen LogP contribution in [0.25, 0.3) is 0 Å². The standard InChI is InChI=1S/C10H12N2O3S/c1-6(5-16)9(13)12-8-2-7(10(14)15)3-11-4-8/h2-4,6,16H,5H2,1H3,(H,12,13)(H,14,15). The molecule has 0 saturated heterocycles. The number of carbonyl (C=O) groups excluding carboxylic acids is 1. The normalized spacial score (nSPS) is 11.9. The molecule has 0 aliphatic rings. The molecule has 0 spiro atoms. The Bertz CT molecular complexity index is 409. The fraction of sp³-hybridized carbons (Fsp3) is 0.300. The third-order valence-corrected chi connectivity index (χ3v) is 2.52. The lowest BCUT2D eigenvalue weighted by molar-refractivity contribution is -0.118. The number of carbonyl (C=O) groups is 2. The quantitative estimate of drug-likeness (QED) is 0.693. The molecular weight excluding hydrogens is 228 g/mol. The SMILES string of the molecule is CC(CS)C(=O)Nc1cncc(C(=O)O)c1. The molecule has 1 amide bonds. The Morgan fingerprint density at radius 1 is 1.56 bits per heavy atom. The molecule has 0 aromatic carbocycles. The van der Waals surface area contributed by atoms with E-state index in [0.717, 1.165) is 0 Å². The van der Waals surface area contributed by atoms with Crippen LogP contribution in [-0.2, 0) is 4.79 Å². The van der Waals surface area contributed by atoms with Crippen molar-refractivity contribution in [3.63, 3.8) is 0 Å². The summed E-state index contributed by atoms with van der Waals surface area (Å²) in [6.07, 6.45) is 2.62. The first kappa shape index (κ1) is 12.5. The number of rotatable bonds is 4. The Balaban J connectivity index is 2.78. The van der Waals surface area contributed by atoms with E-state index < -0.39 is 5.97 Å². The lowest BCUT2D eigenvalue weighted by Crippen LogP contribution is -2.21. The van der Waals surface area contributed by atoms with Crippen molar-refractivity contribution in [2.75, 3.05) is 11.1 Å². The van der Waals surface area contributed by atoms with Crippen molar-refractivity contribution in [3.8, 4) is 0 Å². The zero-order valence-electron chi connectivity index (χ0n) is 8.67. The first-order chi connectivity index (χ1) is 7.54. The molecule has 0 aliphatic carbocycles. The predicted octanol–water partition coefficient (Wildman–Crippen LogP) is 1.28. The maximum atomic E-state index is 11.5. The molecule has 1 unspecified atom stereocenters. The van der Waals surface area contributed by atoms with Gasteiger partial charge in [-0.05, 0) is 6.07 Å². The van der Waals surface area contributed by atoms with E-state index in [1.54, 1.807) is 6.92 Å². The number of amides is 1. The molecule has 2 N–H and O–H groups in total. The van der Waals surface area contributed by atoms with Crippen LogP contribution in [0.4, 0.5) is 5.69 Å². The molecule has 1 heterocycles. The Morgan fingerprint density at radius 3 is 2.81 bits per heavy atom. The van der Waals surface area contributed by atoms with Gasteiger partial charge in [0.05, 0.1) is 17.4 Å². The van der Waals surface area contributed by atoms with Gasteiger partial charge in [0.2, 0.25) is 5.91 Å². The number of hydrogen-bond acceptors (Lipinski definition) is 4. The first-order valence-corrected chi connectivity index (χ1v) is 5.28. The summed E-state index contributed by atoms with van der Waals surface area (Å²) in [4.78, 5) is 25.9. The van der Waals surface area contributed by atoms with Crippen molar-refractivity contribution in [3.05, 3.63) is 24.0 Å². The summed E-state index contributed by atoms with van der Waals surface area (Å²) in [6, 6.07) is 1.36. The van der Waals surface area contributed by atoms with Crippen molar-refractivity contribution < 1.29 is 14.7 Å². The molecule has 16 heavy (non-hydrogen) atoms. The third kappa shape index (κ3) is 3.23. The Labute approximate surface area is 98.3 Å². The van der Waals surface area contributed by atoms with E-state index >= 15 is 0 Å². The van der Waals surface area contributed by atoms with Gasteiger partial charge in [-0.15, -0.1) is 0 Å².